The third-order valence-electron chi connectivity index (χ3n) is 1.20. The summed E-state index contributed by atoms with van der Waals surface area (Å²) in [6, 6.07) is 1.54. The van der Waals surface area contributed by atoms with Crippen LogP contribution in [0.3, 0.4) is 0 Å². The Balaban J connectivity index is 2.68. The fraction of sp³-hybridized carbons (Fsp3) is 0.286. The second-order valence-electron chi connectivity index (χ2n) is 1.99. The van der Waals surface area contributed by atoms with Gasteiger partial charge in [-0.15, -0.1) is 0 Å². The minimum atomic E-state index is -0.387. The minimum Gasteiger partial charge on any atom is -0.462 e. The third kappa shape index (κ3) is 2.02. The summed E-state index contributed by atoms with van der Waals surface area (Å²) in [5.41, 5.74) is 0.393. The summed E-state index contributed by atoms with van der Waals surface area (Å²) in [6.07, 6.45) is 1.33. The molecule has 4 nitrogen and oxygen atoms in total. The molecule has 0 bridgehead atoms. The molecule has 0 saturated carbocycles. The van der Waals surface area contributed by atoms with Crippen LogP contribution in [0.25, 0.3) is 0 Å². The fourth-order valence-corrected chi connectivity index (χ4v) is 0.999. The summed E-state index contributed by atoms with van der Waals surface area (Å²) in [4.78, 5) is 11.0. The molecule has 0 aliphatic rings. The van der Waals surface area contributed by atoms with Crippen LogP contribution >= 0.6 is 11.9 Å². The zero-order valence-corrected chi connectivity index (χ0v) is 7.39. The lowest BCUT2D eigenvalue weighted by Gasteiger charge is -1.95. The number of hydrogen-bond acceptors (Lipinski definition) is 5. The second-order valence-corrected chi connectivity index (χ2v) is 2.63. The number of carbonyl (C=O) groups excluding carboxylic acids is 1. The van der Waals surface area contributed by atoms with Crippen LogP contribution in [0.4, 0.5) is 0 Å². The first-order valence-electron chi connectivity index (χ1n) is 3.40. The molecule has 2 N–H and O–H groups in total. The van der Waals surface area contributed by atoms with Crippen LogP contribution in [-0.4, -0.2) is 12.6 Å². The quantitative estimate of drug-likeness (QED) is 0.572. The highest BCUT2D eigenvalue weighted by molar-refractivity contribution is 7.96. The van der Waals surface area contributed by atoms with Crippen LogP contribution in [0.2, 0.25) is 0 Å². The molecule has 0 radical (unpaired) electrons. The molecule has 12 heavy (non-hydrogen) atoms. The summed E-state index contributed by atoms with van der Waals surface area (Å²) < 4.78 is 9.66. The molecule has 1 aromatic heterocycles. The van der Waals surface area contributed by atoms with Gasteiger partial charge in [0, 0.05) is 6.07 Å². The number of nitrogens with two attached hydrogens (primary N) is 1. The molecule has 0 aromatic carbocycles. The van der Waals surface area contributed by atoms with Gasteiger partial charge in [-0.2, -0.15) is 0 Å². The SMILES string of the molecule is CCOC(=O)c1coc(SN)c1. The van der Waals surface area contributed by atoms with Crippen LogP contribution in [0.1, 0.15) is 17.3 Å². The van der Waals surface area contributed by atoms with E-state index in [-0.39, 0.29) is 5.97 Å². The van der Waals surface area contributed by atoms with Crippen LogP contribution in [0, 0.1) is 0 Å². The molecule has 5 heteroatoms. The molecular formula is C7H9NO3S. The van der Waals surface area contributed by atoms with Gasteiger partial charge in [-0.3, -0.25) is 5.14 Å². The van der Waals surface area contributed by atoms with Gasteiger partial charge in [0.1, 0.15) is 6.26 Å². The first-order valence-corrected chi connectivity index (χ1v) is 4.28. The first kappa shape index (κ1) is 9.15. The van der Waals surface area contributed by atoms with Gasteiger partial charge in [0.2, 0.25) is 0 Å². The van der Waals surface area contributed by atoms with Gasteiger partial charge < -0.3 is 9.15 Å². The van der Waals surface area contributed by atoms with Crippen molar-refractivity contribution in [3.63, 3.8) is 0 Å². The molecule has 1 rings (SSSR count). The lowest BCUT2D eigenvalue weighted by Crippen LogP contribution is -2.02. The second kappa shape index (κ2) is 4.18. The fourth-order valence-electron chi connectivity index (χ4n) is 0.700. The van der Waals surface area contributed by atoms with E-state index in [4.69, 9.17) is 14.3 Å². The predicted octanol–water partition coefficient (Wildman–Crippen LogP) is 1.42. The van der Waals surface area contributed by atoms with Crippen molar-refractivity contribution in [2.75, 3.05) is 6.61 Å². The Morgan fingerprint density at radius 1 is 1.83 bits per heavy atom. The standard InChI is InChI=1S/C7H9NO3S/c1-2-10-7(9)5-3-6(12-8)11-4-5/h3-4H,2,8H2,1H3. The van der Waals surface area contributed by atoms with E-state index in [0.717, 1.165) is 11.9 Å². The van der Waals surface area contributed by atoms with Crippen LogP contribution in [0.5, 0.6) is 0 Å². The molecule has 1 aromatic rings. The van der Waals surface area contributed by atoms with Crippen molar-refractivity contribution in [3.05, 3.63) is 17.9 Å². The number of ether oxygens (including phenoxy) is 1. The maximum absolute atomic E-state index is 11.0. The molecule has 0 spiro atoms. The average Bonchev–Trinajstić information content (AvgIpc) is 2.52. The normalized spacial score (nSPS) is 9.83. The van der Waals surface area contributed by atoms with E-state index in [1.165, 1.54) is 6.26 Å². The van der Waals surface area contributed by atoms with E-state index in [1.807, 2.05) is 0 Å². The van der Waals surface area contributed by atoms with Gasteiger partial charge in [-0.05, 0) is 18.9 Å². The Hall–Kier alpha value is -0.940. The Bertz CT molecular complexity index is 271. The van der Waals surface area contributed by atoms with Crippen molar-refractivity contribution in [1.29, 1.82) is 0 Å². The van der Waals surface area contributed by atoms with Crippen molar-refractivity contribution < 1.29 is 13.9 Å². The molecule has 1 heterocycles. The Morgan fingerprint density at radius 3 is 3.08 bits per heavy atom. The van der Waals surface area contributed by atoms with Gasteiger partial charge in [0.25, 0.3) is 0 Å². The minimum absolute atomic E-state index is 0.356. The first-order chi connectivity index (χ1) is 5.77. The smallest absolute Gasteiger partial charge is 0.341 e. The lowest BCUT2D eigenvalue weighted by molar-refractivity contribution is 0.0525. The summed E-state index contributed by atoms with van der Waals surface area (Å²) >= 11 is 0.951. The van der Waals surface area contributed by atoms with Gasteiger partial charge in [-0.1, -0.05) is 0 Å². The largest absolute Gasteiger partial charge is 0.462 e. The zero-order valence-electron chi connectivity index (χ0n) is 6.57. The molecule has 0 aliphatic carbocycles. The van der Waals surface area contributed by atoms with Crippen molar-refractivity contribution in [2.24, 2.45) is 5.14 Å². The number of rotatable bonds is 3. The molecule has 0 atom stereocenters. The summed E-state index contributed by atoms with van der Waals surface area (Å²) in [5.74, 6) is -0.387. The van der Waals surface area contributed by atoms with Gasteiger partial charge in [0.05, 0.1) is 12.2 Å². The van der Waals surface area contributed by atoms with Gasteiger partial charge in [-0.25, -0.2) is 4.79 Å². The highest BCUT2D eigenvalue weighted by Gasteiger charge is 2.09. The third-order valence-corrected chi connectivity index (χ3v) is 1.65. The maximum Gasteiger partial charge on any atom is 0.341 e. The van der Waals surface area contributed by atoms with E-state index >= 15 is 0 Å². The molecule has 0 fully saturated rings. The Labute approximate surface area is 74.2 Å². The number of furan rings is 1. The Morgan fingerprint density at radius 2 is 2.58 bits per heavy atom. The van der Waals surface area contributed by atoms with E-state index in [2.05, 4.69) is 0 Å². The molecule has 0 amide bonds. The summed E-state index contributed by atoms with van der Waals surface area (Å²) in [6.45, 7) is 2.10. The number of hydrogen-bond donors (Lipinski definition) is 1. The van der Waals surface area contributed by atoms with E-state index in [0.29, 0.717) is 17.3 Å². The van der Waals surface area contributed by atoms with Crippen molar-refractivity contribution in [2.45, 2.75) is 12.0 Å². The highest BCUT2D eigenvalue weighted by atomic mass is 32.2. The van der Waals surface area contributed by atoms with Crippen LogP contribution < -0.4 is 5.14 Å². The van der Waals surface area contributed by atoms with Gasteiger partial charge >= 0.3 is 5.97 Å². The van der Waals surface area contributed by atoms with Crippen molar-refractivity contribution in [3.8, 4) is 0 Å². The molecule has 0 unspecified atom stereocenters. The number of esters is 1. The molecule has 0 saturated heterocycles. The van der Waals surface area contributed by atoms with Crippen molar-refractivity contribution in [1.82, 2.24) is 0 Å². The van der Waals surface area contributed by atoms with Crippen molar-refractivity contribution >= 4 is 17.9 Å². The zero-order chi connectivity index (χ0) is 8.97. The van der Waals surface area contributed by atoms with E-state index in [9.17, 15) is 4.79 Å². The number of carbonyl (C=O) groups is 1. The Kier molecular flexibility index (Phi) is 3.19. The average molecular weight is 187 g/mol. The maximum atomic E-state index is 11.0. The summed E-state index contributed by atoms with van der Waals surface area (Å²) in [5, 5.41) is 5.71. The van der Waals surface area contributed by atoms with Gasteiger partial charge in [0.15, 0.2) is 5.09 Å². The highest BCUT2D eigenvalue weighted by Crippen LogP contribution is 2.16. The topological polar surface area (TPSA) is 65.5 Å². The molecule has 66 valence electrons. The monoisotopic (exact) mass is 187 g/mol. The van der Waals surface area contributed by atoms with Crippen LogP contribution in [-0.2, 0) is 4.74 Å². The van der Waals surface area contributed by atoms with E-state index < -0.39 is 0 Å². The predicted molar refractivity (Wildman–Crippen MR) is 44.7 cm³/mol. The van der Waals surface area contributed by atoms with E-state index in [1.54, 1.807) is 13.0 Å². The molecular weight excluding hydrogens is 178 g/mol. The summed E-state index contributed by atoms with van der Waals surface area (Å²) in [7, 11) is 0. The van der Waals surface area contributed by atoms with Crippen LogP contribution in [0.15, 0.2) is 21.8 Å². The lowest BCUT2D eigenvalue weighted by atomic mass is 10.3. The molecule has 0 aliphatic heterocycles.